The average Bonchev–Trinajstić information content (AvgIpc) is 2.42. The Morgan fingerprint density at radius 3 is 2.21 bits per heavy atom. The molecule has 0 aliphatic heterocycles. The van der Waals surface area contributed by atoms with Crippen molar-refractivity contribution < 1.29 is 0 Å². The molecule has 0 fully saturated rings. The smallest absolute Gasteiger partial charge is 0.0977 e. The number of hydrogen-bond donors (Lipinski definition) is 0. The summed E-state index contributed by atoms with van der Waals surface area (Å²) in [5.41, 5.74) is 3.04. The normalized spacial score (nSPS) is 12.2. The Balaban J connectivity index is 2.43. The van der Waals surface area contributed by atoms with Gasteiger partial charge in [-0.2, -0.15) is 5.26 Å². The lowest BCUT2D eigenvalue weighted by Crippen LogP contribution is -2.00. The first-order chi connectivity index (χ1) is 9.13. The number of halogens is 1. The van der Waals surface area contributed by atoms with Gasteiger partial charge in [0.2, 0.25) is 0 Å². The number of nitrogens with zero attached hydrogens (tertiary/aromatic N) is 1. The minimum atomic E-state index is -0.310. The second-order valence-electron chi connectivity index (χ2n) is 4.91. The first kappa shape index (κ1) is 13.6. The summed E-state index contributed by atoms with van der Waals surface area (Å²) in [5, 5.41) is 10.1. The van der Waals surface area contributed by atoms with Crippen molar-refractivity contribution in [3.8, 4) is 6.07 Å². The SMILES string of the molecule is CC(C)c1ccc(C(C#N)c2ccccc2)c(Cl)c1. The molecule has 0 saturated heterocycles. The van der Waals surface area contributed by atoms with Crippen molar-refractivity contribution in [2.45, 2.75) is 25.7 Å². The highest BCUT2D eigenvalue weighted by atomic mass is 35.5. The minimum absolute atomic E-state index is 0.310. The largest absolute Gasteiger partial charge is 0.197 e. The predicted molar refractivity (Wildman–Crippen MR) is 79.4 cm³/mol. The Bertz CT molecular complexity index is 596. The van der Waals surface area contributed by atoms with Crippen LogP contribution in [0.4, 0.5) is 0 Å². The molecule has 2 rings (SSSR count). The standard InChI is InChI=1S/C17H16ClN/c1-12(2)14-8-9-15(17(18)10-14)16(11-19)13-6-4-3-5-7-13/h3-10,12,16H,1-2H3. The van der Waals surface area contributed by atoms with E-state index in [0.717, 1.165) is 11.1 Å². The van der Waals surface area contributed by atoms with E-state index in [1.54, 1.807) is 0 Å². The van der Waals surface area contributed by atoms with Gasteiger partial charge in [0.1, 0.15) is 0 Å². The third kappa shape index (κ3) is 2.97. The fraction of sp³-hybridized carbons (Fsp3) is 0.235. The molecule has 1 atom stereocenters. The summed E-state index contributed by atoms with van der Waals surface area (Å²) in [6, 6.07) is 18.1. The summed E-state index contributed by atoms with van der Waals surface area (Å²) < 4.78 is 0. The lowest BCUT2D eigenvalue weighted by atomic mass is 9.91. The zero-order chi connectivity index (χ0) is 13.8. The zero-order valence-corrected chi connectivity index (χ0v) is 11.9. The average molecular weight is 270 g/mol. The zero-order valence-electron chi connectivity index (χ0n) is 11.1. The van der Waals surface area contributed by atoms with Crippen molar-refractivity contribution in [3.63, 3.8) is 0 Å². The Morgan fingerprint density at radius 1 is 1.00 bits per heavy atom. The van der Waals surface area contributed by atoms with E-state index in [1.807, 2.05) is 42.5 Å². The van der Waals surface area contributed by atoms with Crippen LogP contribution in [0.2, 0.25) is 5.02 Å². The van der Waals surface area contributed by atoms with Crippen molar-refractivity contribution in [3.05, 3.63) is 70.2 Å². The van der Waals surface area contributed by atoms with E-state index in [-0.39, 0.29) is 5.92 Å². The molecule has 2 heteroatoms. The molecule has 96 valence electrons. The quantitative estimate of drug-likeness (QED) is 0.759. The molecule has 2 aromatic rings. The Labute approximate surface area is 119 Å². The van der Waals surface area contributed by atoms with E-state index in [2.05, 4.69) is 26.0 Å². The summed E-state index contributed by atoms with van der Waals surface area (Å²) in [6.07, 6.45) is 0. The molecule has 1 unspecified atom stereocenters. The van der Waals surface area contributed by atoms with Gasteiger partial charge in [-0.05, 0) is 28.7 Å². The third-order valence-electron chi connectivity index (χ3n) is 3.26. The van der Waals surface area contributed by atoms with Crippen LogP contribution in [0.15, 0.2) is 48.5 Å². The van der Waals surface area contributed by atoms with E-state index < -0.39 is 0 Å². The topological polar surface area (TPSA) is 23.8 Å². The van der Waals surface area contributed by atoms with Crippen LogP contribution in [0.1, 0.15) is 42.4 Å². The van der Waals surface area contributed by atoms with E-state index in [1.165, 1.54) is 5.56 Å². The number of rotatable bonds is 3. The van der Waals surface area contributed by atoms with Crippen LogP contribution in [-0.2, 0) is 0 Å². The summed E-state index contributed by atoms with van der Waals surface area (Å²) in [6.45, 7) is 4.26. The third-order valence-corrected chi connectivity index (χ3v) is 3.59. The Kier molecular flexibility index (Phi) is 4.24. The van der Waals surface area contributed by atoms with Crippen molar-refractivity contribution in [1.29, 1.82) is 5.26 Å². The molecule has 0 bridgehead atoms. The lowest BCUT2D eigenvalue weighted by molar-refractivity contribution is 0.864. The summed E-state index contributed by atoms with van der Waals surface area (Å²) in [7, 11) is 0. The molecule has 0 radical (unpaired) electrons. The molecule has 2 aromatic carbocycles. The van der Waals surface area contributed by atoms with Gasteiger partial charge in [0.25, 0.3) is 0 Å². The van der Waals surface area contributed by atoms with Crippen molar-refractivity contribution in [1.82, 2.24) is 0 Å². The van der Waals surface area contributed by atoms with Gasteiger partial charge in [0, 0.05) is 5.02 Å². The van der Waals surface area contributed by atoms with Crippen LogP contribution in [-0.4, -0.2) is 0 Å². The van der Waals surface area contributed by atoms with Gasteiger partial charge >= 0.3 is 0 Å². The predicted octanol–water partition coefficient (Wildman–Crippen LogP) is 5.12. The molecular formula is C17H16ClN. The highest BCUT2D eigenvalue weighted by Gasteiger charge is 2.16. The lowest BCUT2D eigenvalue weighted by Gasteiger charge is -2.14. The summed E-state index contributed by atoms with van der Waals surface area (Å²) in [4.78, 5) is 0. The van der Waals surface area contributed by atoms with Crippen LogP contribution in [0, 0.1) is 11.3 Å². The number of hydrogen-bond acceptors (Lipinski definition) is 1. The summed E-state index contributed by atoms with van der Waals surface area (Å²) >= 11 is 6.35. The molecule has 0 N–H and O–H groups in total. The van der Waals surface area contributed by atoms with Gasteiger partial charge in [-0.15, -0.1) is 0 Å². The van der Waals surface area contributed by atoms with Crippen LogP contribution < -0.4 is 0 Å². The molecule has 0 aliphatic rings. The van der Waals surface area contributed by atoms with E-state index in [9.17, 15) is 5.26 Å². The van der Waals surface area contributed by atoms with E-state index >= 15 is 0 Å². The van der Waals surface area contributed by atoms with Gasteiger partial charge in [0.15, 0.2) is 0 Å². The molecule has 0 aliphatic carbocycles. The first-order valence-corrected chi connectivity index (χ1v) is 6.75. The van der Waals surface area contributed by atoms with Gasteiger partial charge in [-0.1, -0.05) is 67.9 Å². The minimum Gasteiger partial charge on any atom is -0.197 e. The molecule has 0 spiro atoms. The summed E-state index contributed by atoms with van der Waals surface area (Å²) in [5.74, 6) is 0.124. The highest BCUT2D eigenvalue weighted by Crippen LogP contribution is 2.32. The molecule has 0 aromatic heterocycles. The van der Waals surface area contributed by atoms with Gasteiger partial charge < -0.3 is 0 Å². The number of nitriles is 1. The maximum Gasteiger partial charge on any atom is 0.0977 e. The van der Waals surface area contributed by atoms with Crippen molar-refractivity contribution in [2.24, 2.45) is 0 Å². The number of benzene rings is 2. The highest BCUT2D eigenvalue weighted by molar-refractivity contribution is 6.31. The Morgan fingerprint density at radius 2 is 1.68 bits per heavy atom. The monoisotopic (exact) mass is 269 g/mol. The molecular weight excluding hydrogens is 254 g/mol. The van der Waals surface area contributed by atoms with Gasteiger partial charge in [-0.3, -0.25) is 0 Å². The molecule has 1 nitrogen and oxygen atoms in total. The first-order valence-electron chi connectivity index (χ1n) is 6.37. The van der Waals surface area contributed by atoms with Crippen molar-refractivity contribution >= 4 is 11.6 Å². The second kappa shape index (κ2) is 5.91. The van der Waals surface area contributed by atoms with Crippen LogP contribution >= 0.6 is 11.6 Å². The van der Waals surface area contributed by atoms with Gasteiger partial charge in [-0.25, -0.2) is 0 Å². The van der Waals surface area contributed by atoms with Crippen LogP contribution in [0.5, 0.6) is 0 Å². The molecule has 0 amide bonds. The van der Waals surface area contributed by atoms with Crippen LogP contribution in [0.3, 0.4) is 0 Å². The molecule has 19 heavy (non-hydrogen) atoms. The maximum atomic E-state index is 9.43. The van der Waals surface area contributed by atoms with Crippen LogP contribution in [0.25, 0.3) is 0 Å². The second-order valence-corrected chi connectivity index (χ2v) is 5.32. The fourth-order valence-corrected chi connectivity index (χ4v) is 2.40. The van der Waals surface area contributed by atoms with Gasteiger partial charge in [0.05, 0.1) is 12.0 Å². The molecule has 0 saturated carbocycles. The van der Waals surface area contributed by atoms with Crippen molar-refractivity contribution in [2.75, 3.05) is 0 Å². The molecule has 0 heterocycles. The van der Waals surface area contributed by atoms with E-state index in [4.69, 9.17) is 11.6 Å². The van der Waals surface area contributed by atoms with E-state index in [0.29, 0.717) is 10.9 Å². The fourth-order valence-electron chi connectivity index (χ4n) is 2.11. The Hall–Kier alpha value is -1.78. The maximum absolute atomic E-state index is 9.43.